The van der Waals surface area contributed by atoms with Crippen molar-refractivity contribution in [2.45, 2.75) is 6.04 Å². The van der Waals surface area contributed by atoms with Crippen molar-refractivity contribution in [2.75, 3.05) is 11.4 Å². The fraction of sp³-hybridized carbons (Fsp3) is 0.133. The van der Waals surface area contributed by atoms with E-state index in [4.69, 9.17) is 17.3 Å². The largest absolute Gasteiger partial charge is 0.369 e. The minimum Gasteiger partial charge on any atom is -0.369 e. The van der Waals surface area contributed by atoms with E-state index in [1.165, 1.54) is 24.3 Å². The van der Waals surface area contributed by atoms with Crippen molar-refractivity contribution in [1.29, 1.82) is 0 Å². The highest BCUT2D eigenvalue weighted by Crippen LogP contribution is 2.35. The zero-order valence-corrected chi connectivity index (χ0v) is 11.7. The molecule has 0 spiro atoms. The van der Waals surface area contributed by atoms with Gasteiger partial charge in [0.2, 0.25) is 0 Å². The maximum Gasteiger partial charge on any atom is 0.196 e. The fourth-order valence-corrected chi connectivity index (χ4v) is 2.74. The van der Waals surface area contributed by atoms with E-state index in [0.29, 0.717) is 22.8 Å². The summed E-state index contributed by atoms with van der Waals surface area (Å²) in [5.41, 5.74) is 7.19. The Hall–Kier alpha value is -2.14. The Morgan fingerprint density at radius 1 is 1.14 bits per heavy atom. The quantitative estimate of drug-likeness (QED) is 0.922. The van der Waals surface area contributed by atoms with Crippen LogP contribution in [0.4, 0.5) is 14.5 Å². The summed E-state index contributed by atoms with van der Waals surface area (Å²) in [6.45, 7) is 0.383. The second-order valence-corrected chi connectivity index (χ2v) is 5.14. The van der Waals surface area contributed by atoms with Crippen LogP contribution in [0.1, 0.15) is 11.6 Å². The van der Waals surface area contributed by atoms with Crippen LogP contribution in [0.3, 0.4) is 0 Å². The molecular weight excluding hydrogens is 296 g/mol. The van der Waals surface area contributed by atoms with Gasteiger partial charge in [-0.25, -0.2) is 8.78 Å². The molecule has 108 valence electrons. The summed E-state index contributed by atoms with van der Waals surface area (Å²) in [6, 6.07) is 9.96. The summed E-state index contributed by atoms with van der Waals surface area (Å²) < 4.78 is 26.6. The number of aliphatic imine (C=N–C) groups is 1. The maximum atomic E-state index is 13.4. The minimum absolute atomic E-state index is 0.278. The third-order valence-corrected chi connectivity index (χ3v) is 3.72. The summed E-state index contributed by atoms with van der Waals surface area (Å²) in [6.07, 6.45) is 0. The van der Waals surface area contributed by atoms with E-state index >= 15 is 0 Å². The number of guanidine groups is 1. The van der Waals surface area contributed by atoms with Gasteiger partial charge in [-0.2, -0.15) is 0 Å². The molecule has 0 saturated heterocycles. The lowest BCUT2D eigenvalue weighted by Crippen LogP contribution is -2.36. The van der Waals surface area contributed by atoms with Crippen LogP contribution >= 0.6 is 11.6 Å². The number of hydrogen-bond acceptors (Lipinski definition) is 3. The van der Waals surface area contributed by atoms with Crippen molar-refractivity contribution in [1.82, 2.24) is 0 Å². The smallest absolute Gasteiger partial charge is 0.196 e. The molecule has 21 heavy (non-hydrogen) atoms. The van der Waals surface area contributed by atoms with Gasteiger partial charge in [0, 0.05) is 10.7 Å². The van der Waals surface area contributed by atoms with Crippen LogP contribution in [0.2, 0.25) is 5.02 Å². The monoisotopic (exact) mass is 307 g/mol. The maximum absolute atomic E-state index is 13.4. The van der Waals surface area contributed by atoms with E-state index in [0.717, 1.165) is 0 Å². The molecule has 0 bridgehead atoms. The van der Waals surface area contributed by atoms with Gasteiger partial charge in [0.25, 0.3) is 0 Å². The second-order valence-electron chi connectivity index (χ2n) is 4.73. The number of hydrogen-bond donors (Lipinski definition) is 1. The molecule has 1 unspecified atom stereocenters. The van der Waals surface area contributed by atoms with E-state index in [2.05, 4.69) is 4.99 Å². The first-order chi connectivity index (χ1) is 10.1. The molecule has 0 radical (unpaired) electrons. The van der Waals surface area contributed by atoms with Gasteiger partial charge in [0.1, 0.15) is 11.6 Å². The molecule has 0 aromatic heterocycles. The van der Waals surface area contributed by atoms with Crippen LogP contribution < -0.4 is 10.6 Å². The highest BCUT2D eigenvalue weighted by atomic mass is 35.5. The average Bonchev–Trinajstić information content (AvgIpc) is 2.80. The van der Waals surface area contributed by atoms with Crippen LogP contribution in [0.15, 0.2) is 47.5 Å². The van der Waals surface area contributed by atoms with Gasteiger partial charge in [-0.05, 0) is 35.9 Å². The van der Waals surface area contributed by atoms with Crippen LogP contribution in [0.5, 0.6) is 0 Å². The topological polar surface area (TPSA) is 41.6 Å². The lowest BCUT2D eigenvalue weighted by atomic mass is 10.1. The van der Waals surface area contributed by atoms with E-state index in [9.17, 15) is 8.78 Å². The van der Waals surface area contributed by atoms with Gasteiger partial charge in [0.15, 0.2) is 5.96 Å². The molecule has 1 aliphatic heterocycles. The Balaban J connectivity index is 2.03. The molecule has 0 aliphatic carbocycles. The number of anilines is 1. The zero-order chi connectivity index (χ0) is 15.0. The highest BCUT2D eigenvalue weighted by Gasteiger charge is 2.30. The molecule has 1 heterocycles. The van der Waals surface area contributed by atoms with E-state index in [1.54, 1.807) is 23.1 Å². The molecule has 0 saturated carbocycles. The van der Waals surface area contributed by atoms with Crippen LogP contribution in [-0.2, 0) is 0 Å². The summed E-state index contributed by atoms with van der Waals surface area (Å²) >= 11 is 6.11. The van der Waals surface area contributed by atoms with Gasteiger partial charge in [0.05, 0.1) is 12.6 Å². The van der Waals surface area contributed by atoms with E-state index in [1.807, 2.05) is 0 Å². The number of nitrogens with two attached hydrogens (primary N) is 1. The first-order valence-corrected chi connectivity index (χ1v) is 6.74. The summed E-state index contributed by atoms with van der Waals surface area (Å²) in [5, 5.41) is 0.298. The van der Waals surface area contributed by atoms with Crippen molar-refractivity contribution >= 4 is 23.2 Å². The third-order valence-electron chi connectivity index (χ3n) is 3.39. The molecule has 0 amide bonds. The Morgan fingerprint density at radius 3 is 2.62 bits per heavy atom. The molecule has 3 rings (SSSR count). The van der Waals surface area contributed by atoms with Crippen molar-refractivity contribution in [3.05, 3.63) is 64.7 Å². The van der Waals surface area contributed by atoms with Gasteiger partial charge in [-0.1, -0.05) is 23.7 Å². The Bertz CT molecular complexity index is 718. The van der Waals surface area contributed by atoms with Crippen molar-refractivity contribution in [2.24, 2.45) is 10.7 Å². The molecule has 1 atom stereocenters. The van der Waals surface area contributed by atoms with Crippen LogP contribution in [0, 0.1) is 11.6 Å². The SMILES string of the molecule is NC1=NCC(c2ccc(F)cc2Cl)N1c1cccc(F)c1. The normalized spacial score (nSPS) is 18.0. The lowest BCUT2D eigenvalue weighted by Gasteiger charge is -2.27. The predicted octanol–water partition coefficient (Wildman–Crippen LogP) is 3.49. The van der Waals surface area contributed by atoms with E-state index < -0.39 is 5.82 Å². The van der Waals surface area contributed by atoms with Crippen molar-refractivity contribution in [3.63, 3.8) is 0 Å². The summed E-state index contributed by atoms with van der Waals surface area (Å²) in [4.78, 5) is 5.89. The zero-order valence-electron chi connectivity index (χ0n) is 10.9. The van der Waals surface area contributed by atoms with Crippen LogP contribution in [0.25, 0.3) is 0 Å². The highest BCUT2D eigenvalue weighted by molar-refractivity contribution is 6.31. The first-order valence-electron chi connectivity index (χ1n) is 6.36. The fourth-order valence-electron chi connectivity index (χ4n) is 2.44. The number of rotatable bonds is 2. The molecule has 1 aliphatic rings. The predicted molar refractivity (Wildman–Crippen MR) is 79.5 cm³/mol. The average molecular weight is 308 g/mol. The van der Waals surface area contributed by atoms with Gasteiger partial charge >= 0.3 is 0 Å². The Labute approximate surface area is 125 Å². The van der Waals surface area contributed by atoms with Crippen LogP contribution in [-0.4, -0.2) is 12.5 Å². The molecular formula is C15H12ClF2N3. The molecule has 2 aromatic carbocycles. The van der Waals surface area contributed by atoms with Gasteiger partial charge in [-0.3, -0.25) is 4.99 Å². The van der Waals surface area contributed by atoms with Gasteiger partial charge < -0.3 is 10.6 Å². The Kier molecular flexibility index (Phi) is 3.51. The summed E-state index contributed by atoms with van der Waals surface area (Å²) in [5.74, 6) is -0.491. The lowest BCUT2D eigenvalue weighted by molar-refractivity contribution is 0.624. The standard InChI is InChI=1S/C15H12ClF2N3/c16-13-7-10(18)4-5-12(13)14-8-20-15(19)21(14)11-3-1-2-9(17)6-11/h1-7,14H,8H2,(H2,19,20). The van der Waals surface area contributed by atoms with E-state index in [-0.39, 0.29) is 17.8 Å². The molecule has 2 aromatic rings. The molecule has 2 N–H and O–H groups in total. The minimum atomic E-state index is -0.409. The Morgan fingerprint density at radius 2 is 1.90 bits per heavy atom. The van der Waals surface area contributed by atoms with Gasteiger partial charge in [-0.15, -0.1) is 0 Å². The summed E-state index contributed by atoms with van der Waals surface area (Å²) in [7, 11) is 0. The van der Waals surface area contributed by atoms with Crippen molar-refractivity contribution < 1.29 is 8.78 Å². The number of halogens is 3. The molecule has 0 fully saturated rings. The molecule has 3 nitrogen and oxygen atoms in total. The number of nitrogens with zero attached hydrogens (tertiary/aromatic N) is 2. The number of benzene rings is 2. The first kappa shape index (κ1) is 13.8. The van der Waals surface area contributed by atoms with Crippen molar-refractivity contribution in [3.8, 4) is 0 Å². The third kappa shape index (κ3) is 2.56. The second kappa shape index (κ2) is 5.33. The molecule has 6 heteroatoms.